The highest BCUT2D eigenvalue weighted by Gasteiger charge is 2.51. The monoisotopic (exact) mass is 384 g/mol. The Bertz CT molecular complexity index is 552. The quantitative estimate of drug-likeness (QED) is 0.650. The lowest BCUT2D eigenvalue weighted by Crippen LogP contribution is -2.48. The number of hydrogen-bond acceptors (Lipinski definition) is 5. The van der Waals surface area contributed by atoms with E-state index in [4.69, 9.17) is 9.31 Å². The Balaban J connectivity index is 1.98. The van der Waals surface area contributed by atoms with E-state index in [1.165, 1.54) is 0 Å². The van der Waals surface area contributed by atoms with E-state index < -0.39 is 18.1 Å². The maximum atomic E-state index is 11.8. The number of amides is 1. The summed E-state index contributed by atoms with van der Waals surface area (Å²) in [4.78, 5) is 26.5. The average Bonchev–Trinajstić information content (AvgIpc) is 2.93. The number of likely N-dealkylation sites (N-methyl/N-ethyl adjacent to an activating group) is 1. The summed E-state index contributed by atoms with van der Waals surface area (Å²) >= 11 is 0. The second-order valence-electron chi connectivity index (χ2n) is 9.00. The van der Waals surface area contributed by atoms with Crippen molar-refractivity contribution in [2.75, 3.05) is 20.6 Å². The first-order valence-electron chi connectivity index (χ1n) is 9.60. The molecule has 0 spiro atoms. The van der Waals surface area contributed by atoms with E-state index in [1.807, 2.05) is 46.7 Å². The van der Waals surface area contributed by atoms with E-state index in [-0.39, 0.29) is 30.3 Å². The van der Waals surface area contributed by atoms with Gasteiger partial charge in [-0.25, -0.2) is 9.59 Å². The first kappa shape index (κ1) is 22.0. The van der Waals surface area contributed by atoms with Gasteiger partial charge in [0.05, 0.1) is 11.2 Å². The molecule has 154 valence electrons. The molecule has 2 aliphatic rings. The second-order valence-corrected chi connectivity index (χ2v) is 9.00. The number of likely N-dealkylation sites (tertiary alicyclic amines) is 1. The van der Waals surface area contributed by atoms with Crippen molar-refractivity contribution in [1.29, 1.82) is 0 Å². The summed E-state index contributed by atoms with van der Waals surface area (Å²) < 4.78 is 12.0. The predicted octanol–water partition coefficient (Wildman–Crippen LogP) is 2.24. The molecule has 0 aliphatic carbocycles. The molecule has 1 amide bonds. The number of aliphatic carboxylic acids is 1. The smallest absolute Gasteiger partial charge is 0.457 e. The molecule has 2 heterocycles. The summed E-state index contributed by atoms with van der Waals surface area (Å²) in [6.07, 6.45) is 1.43. The Kier molecular flexibility index (Phi) is 6.49. The summed E-state index contributed by atoms with van der Waals surface area (Å²) in [5, 5.41) is 19.2. The Labute approximate surface area is 161 Å². The van der Waals surface area contributed by atoms with Crippen LogP contribution in [0.2, 0.25) is 6.32 Å². The minimum Gasteiger partial charge on any atom is -0.480 e. The molecule has 8 nitrogen and oxygen atoms in total. The Morgan fingerprint density at radius 3 is 2.15 bits per heavy atom. The van der Waals surface area contributed by atoms with Gasteiger partial charge in [-0.2, -0.15) is 0 Å². The van der Waals surface area contributed by atoms with Crippen molar-refractivity contribution in [3.05, 3.63) is 0 Å². The highest BCUT2D eigenvalue weighted by molar-refractivity contribution is 6.45. The number of carboxylic acid groups (broad SMARTS) is 2. The van der Waals surface area contributed by atoms with Crippen LogP contribution in [0.15, 0.2) is 0 Å². The highest BCUT2D eigenvalue weighted by atomic mass is 16.7. The molecule has 1 unspecified atom stereocenters. The van der Waals surface area contributed by atoms with Gasteiger partial charge in [0.2, 0.25) is 0 Å². The standard InChI is InChI=1S/C18H33BN2O6/c1-17(2)18(3,4)27-19(26-17)9-7-8-12-10-13(11-20(5)6)21(16(24)25)14(12)15(22)23/h12-14H,7-11H2,1-6H3,(H,22,23)(H,24,25)/t12-,13?,14+/m1/s1. The van der Waals surface area contributed by atoms with Gasteiger partial charge in [0.15, 0.2) is 0 Å². The molecule has 0 aromatic rings. The molecule has 0 saturated carbocycles. The number of rotatable bonds is 7. The minimum atomic E-state index is -1.16. The Morgan fingerprint density at radius 2 is 1.70 bits per heavy atom. The lowest BCUT2D eigenvalue weighted by Gasteiger charge is -2.32. The minimum absolute atomic E-state index is 0.203. The van der Waals surface area contributed by atoms with Gasteiger partial charge in [0.1, 0.15) is 6.04 Å². The molecular weight excluding hydrogens is 351 g/mol. The van der Waals surface area contributed by atoms with Gasteiger partial charge in [0.25, 0.3) is 0 Å². The van der Waals surface area contributed by atoms with Crippen LogP contribution in [0.4, 0.5) is 4.79 Å². The summed E-state index contributed by atoms with van der Waals surface area (Å²) in [5.41, 5.74) is -0.767. The number of carboxylic acids is 1. The van der Waals surface area contributed by atoms with Crippen molar-refractivity contribution < 1.29 is 29.1 Å². The summed E-state index contributed by atoms with van der Waals surface area (Å²) in [6, 6.07) is -1.30. The second kappa shape index (κ2) is 7.97. The summed E-state index contributed by atoms with van der Waals surface area (Å²) in [5.74, 6) is -1.27. The lowest BCUT2D eigenvalue weighted by atomic mass is 9.80. The SMILES string of the molecule is CN(C)CC1C[C@@H](CCCB2OC(C)(C)C(C)(C)O2)[C@@H](C(=O)O)N1C(=O)O. The normalized spacial score (nSPS) is 29.5. The molecule has 0 aromatic heterocycles. The molecule has 2 rings (SSSR count). The maximum absolute atomic E-state index is 11.8. The number of hydrogen-bond donors (Lipinski definition) is 2. The van der Waals surface area contributed by atoms with Gasteiger partial charge < -0.3 is 24.4 Å². The molecule has 0 aromatic carbocycles. The number of carbonyl (C=O) groups is 2. The summed E-state index contributed by atoms with van der Waals surface area (Å²) in [7, 11) is 3.41. The zero-order valence-corrected chi connectivity index (χ0v) is 17.3. The van der Waals surface area contributed by atoms with Crippen molar-refractivity contribution in [3.8, 4) is 0 Å². The van der Waals surface area contributed by atoms with Crippen molar-refractivity contribution in [2.24, 2.45) is 5.92 Å². The molecule has 0 bridgehead atoms. The molecule has 3 atom stereocenters. The van der Waals surface area contributed by atoms with Crippen molar-refractivity contribution in [3.63, 3.8) is 0 Å². The molecule has 0 radical (unpaired) electrons. The first-order chi connectivity index (χ1) is 12.4. The molecule has 2 saturated heterocycles. The van der Waals surface area contributed by atoms with Crippen molar-refractivity contribution >= 4 is 19.2 Å². The third-order valence-electron chi connectivity index (χ3n) is 6.08. The van der Waals surface area contributed by atoms with Gasteiger partial charge >= 0.3 is 19.2 Å². The Morgan fingerprint density at radius 1 is 1.15 bits per heavy atom. The van der Waals surface area contributed by atoms with E-state index in [0.717, 1.165) is 11.3 Å². The first-order valence-corrected chi connectivity index (χ1v) is 9.60. The molecular formula is C18H33BN2O6. The predicted molar refractivity (Wildman–Crippen MR) is 102 cm³/mol. The van der Waals surface area contributed by atoms with Crippen LogP contribution in [0.5, 0.6) is 0 Å². The maximum Gasteiger partial charge on any atom is 0.457 e. The third kappa shape index (κ3) is 4.76. The van der Waals surface area contributed by atoms with E-state index in [2.05, 4.69) is 0 Å². The van der Waals surface area contributed by atoms with Crippen LogP contribution in [0.25, 0.3) is 0 Å². The van der Waals surface area contributed by atoms with Crippen LogP contribution in [0, 0.1) is 5.92 Å². The van der Waals surface area contributed by atoms with Gasteiger partial charge in [-0.05, 0) is 66.9 Å². The highest BCUT2D eigenvalue weighted by Crippen LogP contribution is 2.39. The van der Waals surface area contributed by atoms with Crippen LogP contribution in [-0.4, -0.2) is 83.1 Å². The van der Waals surface area contributed by atoms with Crippen LogP contribution < -0.4 is 0 Å². The van der Waals surface area contributed by atoms with Crippen LogP contribution in [-0.2, 0) is 14.1 Å². The largest absolute Gasteiger partial charge is 0.480 e. The zero-order valence-electron chi connectivity index (χ0n) is 17.3. The fraction of sp³-hybridized carbons (Fsp3) is 0.889. The zero-order chi connectivity index (χ0) is 20.6. The summed E-state index contributed by atoms with van der Waals surface area (Å²) in [6.45, 7) is 8.52. The Hall–Kier alpha value is -1.32. The van der Waals surface area contributed by atoms with E-state index in [1.54, 1.807) is 0 Å². The van der Waals surface area contributed by atoms with E-state index in [9.17, 15) is 19.8 Å². The van der Waals surface area contributed by atoms with Gasteiger partial charge in [-0.15, -0.1) is 0 Å². The van der Waals surface area contributed by atoms with Crippen molar-refractivity contribution in [2.45, 2.75) is 76.6 Å². The topological polar surface area (TPSA) is 99.5 Å². The van der Waals surface area contributed by atoms with Gasteiger partial charge in [-0.1, -0.05) is 6.42 Å². The lowest BCUT2D eigenvalue weighted by molar-refractivity contribution is -0.143. The fourth-order valence-corrected chi connectivity index (χ4v) is 4.13. The van der Waals surface area contributed by atoms with E-state index >= 15 is 0 Å². The fourth-order valence-electron chi connectivity index (χ4n) is 4.13. The molecule has 27 heavy (non-hydrogen) atoms. The van der Waals surface area contributed by atoms with E-state index in [0.29, 0.717) is 25.7 Å². The molecule has 9 heteroatoms. The molecule has 2 N–H and O–H groups in total. The van der Waals surface area contributed by atoms with Crippen LogP contribution >= 0.6 is 0 Å². The number of nitrogens with zero attached hydrogens (tertiary/aromatic N) is 2. The van der Waals surface area contributed by atoms with Crippen LogP contribution in [0.3, 0.4) is 0 Å². The third-order valence-corrected chi connectivity index (χ3v) is 6.08. The molecule has 2 aliphatic heterocycles. The van der Waals surface area contributed by atoms with Crippen LogP contribution in [0.1, 0.15) is 47.0 Å². The molecule has 2 fully saturated rings. The van der Waals surface area contributed by atoms with Crippen molar-refractivity contribution in [1.82, 2.24) is 9.80 Å². The van der Waals surface area contributed by atoms with Gasteiger partial charge in [0, 0.05) is 12.6 Å². The average molecular weight is 384 g/mol. The van der Waals surface area contributed by atoms with Gasteiger partial charge in [-0.3, -0.25) is 4.90 Å².